The van der Waals surface area contributed by atoms with Crippen molar-refractivity contribution in [3.05, 3.63) is 29.8 Å². The molecule has 7 heteroatoms. The van der Waals surface area contributed by atoms with Crippen molar-refractivity contribution in [1.82, 2.24) is 10.6 Å². The summed E-state index contributed by atoms with van der Waals surface area (Å²) in [5.41, 5.74) is 0.678. The number of ether oxygens (including phenoxy) is 1. The number of carboxylic acid groups (broad SMARTS) is 1. The summed E-state index contributed by atoms with van der Waals surface area (Å²) in [5.74, 6) is -1.27. The van der Waals surface area contributed by atoms with E-state index in [-0.39, 0.29) is 18.2 Å². The molecule has 0 spiro atoms. The molecule has 7 nitrogen and oxygen atoms in total. The number of carbonyl (C=O) groups excluding carboxylic acids is 2. The topological polar surface area (TPSA) is 105 Å². The molecule has 2 amide bonds. The fourth-order valence-corrected chi connectivity index (χ4v) is 2.51. The number of carbonyl (C=O) groups is 3. The van der Waals surface area contributed by atoms with E-state index in [4.69, 9.17) is 4.74 Å². The summed E-state index contributed by atoms with van der Waals surface area (Å²) in [5, 5.41) is 14.5. The molecule has 1 aromatic rings. The predicted molar refractivity (Wildman–Crippen MR) is 93.3 cm³/mol. The summed E-state index contributed by atoms with van der Waals surface area (Å²) >= 11 is 0. The summed E-state index contributed by atoms with van der Waals surface area (Å²) in [6, 6.07) is 5.16. The van der Waals surface area contributed by atoms with Crippen molar-refractivity contribution < 1.29 is 24.2 Å². The van der Waals surface area contributed by atoms with Gasteiger partial charge in [-0.15, -0.1) is 0 Å². The van der Waals surface area contributed by atoms with Gasteiger partial charge in [0, 0.05) is 13.3 Å². The van der Waals surface area contributed by atoms with Crippen LogP contribution in [0.3, 0.4) is 0 Å². The fraction of sp³-hybridized carbons (Fsp3) is 0.500. The molecule has 0 heterocycles. The van der Waals surface area contributed by atoms with Crippen molar-refractivity contribution in [2.45, 2.75) is 45.7 Å². The Morgan fingerprint density at radius 2 is 1.76 bits per heavy atom. The van der Waals surface area contributed by atoms with E-state index >= 15 is 0 Å². The first kappa shape index (κ1) is 20.5. The molecular weight excluding hydrogens is 324 g/mol. The number of aliphatic carboxylic acids is 1. The van der Waals surface area contributed by atoms with Crippen molar-refractivity contribution >= 4 is 17.8 Å². The summed E-state index contributed by atoms with van der Waals surface area (Å²) in [6.45, 7) is 5.17. The van der Waals surface area contributed by atoms with Crippen LogP contribution < -0.4 is 15.4 Å². The lowest BCUT2D eigenvalue weighted by molar-refractivity contribution is -0.142. The third kappa shape index (κ3) is 6.82. The fourth-order valence-electron chi connectivity index (χ4n) is 2.51. The van der Waals surface area contributed by atoms with Crippen LogP contribution in [0.1, 0.15) is 32.8 Å². The molecule has 0 radical (unpaired) electrons. The molecule has 3 N–H and O–H groups in total. The number of nitrogens with one attached hydrogen (secondary N) is 2. The number of benzene rings is 1. The Bertz CT molecular complexity index is 615. The molecule has 0 aliphatic carbocycles. The number of para-hydroxylation sites is 1. The van der Waals surface area contributed by atoms with Gasteiger partial charge in [-0.25, -0.2) is 4.79 Å². The van der Waals surface area contributed by atoms with Crippen molar-refractivity contribution in [1.29, 1.82) is 0 Å². The van der Waals surface area contributed by atoms with Gasteiger partial charge in [-0.05, 0) is 24.0 Å². The van der Waals surface area contributed by atoms with Gasteiger partial charge >= 0.3 is 5.97 Å². The lowest BCUT2D eigenvalue weighted by Gasteiger charge is -2.22. The molecule has 0 bridgehead atoms. The van der Waals surface area contributed by atoms with Gasteiger partial charge in [0.05, 0.1) is 7.11 Å². The van der Waals surface area contributed by atoms with Gasteiger partial charge in [0.25, 0.3) is 0 Å². The lowest BCUT2D eigenvalue weighted by Crippen LogP contribution is -2.52. The molecule has 0 unspecified atom stereocenters. The molecule has 0 aliphatic rings. The van der Waals surface area contributed by atoms with Crippen LogP contribution in [0, 0.1) is 5.92 Å². The molecule has 0 saturated carbocycles. The van der Waals surface area contributed by atoms with E-state index in [0.29, 0.717) is 17.7 Å². The number of hydrogen-bond donors (Lipinski definition) is 3. The monoisotopic (exact) mass is 350 g/mol. The smallest absolute Gasteiger partial charge is 0.326 e. The molecule has 25 heavy (non-hydrogen) atoms. The van der Waals surface area contributed by atoms with Crippen molar-refractivity contribution in [3.8, 4) is 5.75 Å². The normalized spacial score (nSPS) is 13.0. The number of rotatable bonds is 9. The average Bonchev–Trinajstić information content (AvgIpc) is 2.52. The average molecular weight is 350 g/mol. The maximum Gasteiger partial charge on any atom is 0.326 e. The third-order valence-electron chi connectivity index (χ3n) is 3.63. The van der Waals surface area contributed by atoms with Gasteiger partial charge in [0.15, 0.2) is 0 Å². The summed E-state index contributed by atoms with van der Waals surface area (Å²) in [6.07, 6.45) is 0.506. The van der Waals surface area contributed by atoms with Gasteiger partial charge in [0.1, 0.15) is 17.8 Å². The highest BCUT2D eigenvalue weighted by Crippen LogP contribution is 2.19. The van der Waals surface area contributed by atoms with Crippen LogP contribution in [-0.4, -0.2) is 42.1 Å². The maximum atomic E-state index is 12.5. The highest BCUT2D eigenvalue weighted by atomic mass is 16.5. The highest BCUT2D eigenvalue weighted by Gasteiger charge is 2.27. The predicted octanol–water partition coefficient (Wildman–Crippen LogP) is 1.36. The van der Waals surface area contributed by atoms with Gasteiger partial charge in [-0.3, -0.25) is 9.59 Å². The number of hydrogen-bond acceptors (Lipinski definition) is 4. The molecule has 0 aliphatic heterocycles. The zero-order chi connectivity index (χ0) is 19.0. The first-order valence-electron chi connectivity index (χ1n) is 8.16. The van der Waals surface area contributed by atoms with E-state index in [9.17, 15) is 19.5 Å². The molecule has 0 aromatic heterocycles. The van der Waals surface area contributed by atoms with E-state index < -0.39 is 24.0 Å². The minimum atomic E-state index is -1.15. The molecule has 0 saturated heterocycles. The standard InChI is InChI=1S/C18H26N2O5/c1-11(2)9-14(19-12(3)21)17(22)20-15(18(23)24)10-13-7-5-6-8-16(13)25-4/h5-8,11,14-15H,9-10H2,1-4H3,(H,19,21)(H,20,22)(H,23,24)/t14-,15+/m0/s1. The summed E-state index contributed by atoms with van der Waals surface area (Å²) in [7, 11) is 1.50. The van der Waals surface area contributed by atoms with Crippen LogP contribution in [0.25, 0.3) is 0 Å². The molecule has 1 aromatic carbocycles. The van der Waals surface area contributed by atoms with E-state index in [0.717, 1.165) is 0 Å². The molecule has 1 rings (SSSR count). The number of methoxy groups -OCH3 is 1. The number of amides is 2. The van der Waals surface area contributed by atoms with E-state index in [1.165, 1.54) is 14.0 Å². The van der Waals surface area contributed by atoms with E-state index in [2.05, 4.69) is 10.6 Å². The Kier molecular flexibility index (Phi) is 7.91. The minimum Gasteiger partial charge on any atom is -0.496 e. The molecule has 138 valence electrons. The van der Waals surface area contributed by atoms with Crippen LogP contribution in [0.15, 0.2) is 24.3 Å². The van der Waals surface area contributed by atoms with Gasteiger partial charge < -0.3 is 20.5 Å². The first-order valence-corrected chi connectivity index (χ1v) is 8.16. The van der Waals surface area contributed by atoms with Crippen molar-refractivity contribution in [2.75, 3.05) is 7.11 Å². The summed E-state index contributed by atoms with van der Waals surface area (Å²) < 4.78 is 5.22. The Hall–Kier alpha value is -2.57. The zero-order valence-corrected chi connectivity index (χ0v) is 15.0. The Labute approximate surface area is 147 Å². The molecule has 2 atom stereocenters. The highest BCUT2D eigenvalue weighted by molar-refractivity contribution is 5.90. The third-order valence-corrected chi connectivity index (χ3v) is 3.63. The summed E-state index contributed by atoms with van der Waals surface area (Å²) in [4.78, 5) is 35.3. The van der Waals surface area contributed by atoms with Crippen LogP contribution in [0.4, 0.5) is 0 Å². The Morgan fingerprint density at radius 1 is 1.12 bits per heavy atom. The quantitative estimate of drug-likeness (QED) is 0.624. The Balaban J connectivity index is 2.89. The van der Waals surface area contributed by atoms with Gasteiger partial charge in [0.2, 0.25) is 11.8 Å². The Morgan fingerprint density at radius 3 is 2.28 bits per heavy atom. The van der Waals surface area contributed by atoms with Crippen LogP contribution in [-0.2, 0) is 20.8 Å². The zero-order valence-electron chi connectivity index (χ0n) is 15.0. The SMILES string of the molecule is COc1ccccc1C[C@@H](NC(=O)[C@H](CC(C)C)NC(C)=O)C(=O)O. The van der Waals surface area contributed by atoms with E-state index in [1.807, 2.05) is 13.8 Å². The second-order valence-corrected chi connectivity index (χ2v) is 6.30. The maximum absolute atomic E-state index is 12.5. The van der Waals surface area contributed by atoms with Crippen LogP contribution in [0.2, 0.25) is 0 Å². The first-order chi connectivity index (χ1) is 11.7. The number of carboxylic acids is 1. The van der Waals surface area contributed by atoms with Crippen molar-refractivity contribution in [3.63, 3.8) is 0 Å². The van der Waals surface area contributed by atoms with Crippen LogP contribution in [0.5, 0.6) is 5.75 Å². The molecular formula is C18H26N2O5. The van der Waals surface area contributed by atoms with Gasteiger partial charge in [-0.1, -0.05) is 32.0 Å². The van der Waals surface area contributed by atoms with Crippen LogP contribution >= 0.6 is 0 Å². The second kappa shape index (κ2) is 9.66. The largest absolute Gasteiger partial charge is 0.496 e. The molecule has 0 fully saturated rings. The van der Waals surface area contributed by atoms with Gasteiger partial charge in [-0.2, -0.15) is 0 Å². The van der Waals surface area contributed by atoms with Crippen molar-refractivity contribution in [2.24, 2.45) is 5.92 Å². The van der Waals surface area contributed by atoms with E-state index in [1.54, 1.807) is 24.3 Å². The second-order valence-electron chi connectivity index (χ2n) is 6.30. The lowest BCUT2D eigenvalue weighted by atomic mass is 10.0. The minimum absolute atomic E-state index is 0.0829.